The van der Waals surface area contributed by atoms with Crippen molar-refractivity contribution in [3.05, 3.63) is 29.7 Å². The average Bonchev–Trinajstić information content (AvgIpc) is 2.94. The van der Waals surface area contributed by atoms with E-state index in [9.17, 15) is 8.42 Å². The van der Waals surface area contributed by atoms with Gasteiger partial charge in [0.15, 0.2) is 10.7 Å². The van der Waals surface area contributed by atoms with Gasteiger partial charge < -0.3 is 19.5 Å². The Bertz CT molecular complexity index is 838. The molecule has 1 aliphatic heterocycles. The van der Waals surface area contributed by atoms with Gasteiger partial charge >= 0.3 is 0 Å². The van der Waals surface area contributed by atoms with Crippen LogP contribution in [0.25, 0.3) is 0 Å². The summed E-state index contributed by atoms with van der Waals surface area (Å²) in [5.74, 6) is 0.975. The molecule has 2 N–H and O–H groups in total. The van der Waals surface area contributed by atoms with Crippen LogP contribution < -0.4 is 19.7 Å². The van der Waals surface area contributed by atoms with Crippen LogP contribution in [0, 0.1) is 13.8 Å². The van der Waals surface area contributed by atoms with E-state index < -0.39 is 10.0 Å². The minimum atomic E-state index is -3.78. The predicted molar refractivity (Wildman–Crippen MR) is 94.9 cm³/mol. The second-order valence-corrected chi connectivity index (χ2v) is 7.50. The third-order valence-electron chi connectivity index (χ3n) is 4.13. The van der Waals surface area contributed by atoms with E-state index in [1.165, 1.54) is 0 Å². The highest BCUT2D eigenvalue weighted by Crippen LogP contribution is 2.33. The first kappa shape index (κ1) is 17.6. The van der Waals surface area contributed by atoms with Crippen LogP contribution in [-0.4, -0.2) is 46.9 Å². The fraction of sp³-hybridized carbons (Fsp3) is 0.438. The van der Waals surface area contributed by atoms with Crippen molar-refractivity contribution in [3.8, 4) is 5.75 Å². The largest absolute Gasteiger partial charge is 0.495 e. The van der Waals surface area contributed by atoms with Gasteiger partial charge in [-0.05, 0) is 32.0 Å². The number of nitrogens with one attached hydrogen (secondary N) is 2. The van der Waals surface area contributed by atoms with Gasteiger partial charge in [0.2, 0.25) is 0 Å². The van der Waals surface area contributed by atoms with Gasteiger partial charge in [-0.2, -0.15) is 0 Å². The van der Waals surface area contributed by atoms with E-state index in [4.69, 9.17) is 9.26 Å². The van der Waals surface area contributed by atoms with Gasteiger partial charge in [0, 0.05) is 26.2 Å². The van der Waals surface area contributed by atoms with Crippen LogP contribution in [0.3, 0.4) is 0 Å². The number of ether oxygens (including phenoxy) is 1. The van der Waals surface area contributed by atoms with Crippen LogP contribution in [0.5, 0.6) is 5.75 Å². The molecule has 8 nitrogen and oxygen atoms in total. The van der Waals surface area contributed by atoms with E-state index in [2.05, 4.69) is 20.1 Å². The van der Waals surface area contributed by atoms with E-state index in [1.54, 1.807) is 39.2 Å². The van der Waals surface area contributed by atoms with Crippen molar-refractivity contribution in [1.82, 2.24) is 10.5 Å². The van der Waals surface area contributed by atoms with Gasteiger partial charge in [-0.25, -0.2) is 8.42 Å². The monoisotopic (exact) mass is 366 g/mol. The molecule has 9 heteroatoms. The van der Waals surface area contributed by atoms with Crippen molar-refractivity contribution >= 4 is 21.4 Å². The molecule has 0 saturated carbocycles. The average molecular weight is 366 g/mol. The van der Waals surface area contributed by atoms with Crippen molar-refractivity contribution in [1.29, 1.82) is 0 Å². The maximum absolute atomic E-state index is 12.7. The highest BCUT2D eigenvalue weighted by molar-refractivity contribution is 7.92. The van der Waals surface area contributed by atoms with Gasteiger partial charge in [0.05, 0.1) is 18.5 Å². The predicted octanol–water partition coefficient (Wildman–Crippen LogP) is 1.51. The van der Waals surface area contributed by atoms with E-state index in [1.807, 2.05) is 0 Å². The Balaban J connectivity index is 1.93. The molecule has 1 aromatic heterocycles. The molecule has 1 fully saturated rings. The van der Waals surface area contributed by atoms with Crippen LogP contribution in [-0.2, 0) is 10.0 Å². The topological polar surface area (TPSA) is 96.7 Å². The molecule has 0 spiro atoms. The number of hydrogen-bond donors (Lipinski definition) is 2. The number of aryl methyl sites for hydroxylation is 2. The first-order valence-electron chi connectivity index (χ1n) is 8.02. The Morgan fingerprint density at radius 2 is 2.00 bits per heavy atom. The van der Waals surface area contributed by atoms with Crippen molar-refractivity contribution in [3.63, 3.8) is 0 Å². The van der Waals surface area contributed by atoms with Gasteiger partial charge in [0.25, 0.3) is 10.0 Å². The van der Waals surface area contributed by atoms with Crippen molar-refractivity contribution in [2.45, 2.75) is 18.7 Å². The summed E-state index contributed by atoms with van der Waals surface area (Å²) in [7, 11) is -2.17. The summed E-state index contributed by atoms with van der Waals surface area (Å²) in [5, 5.41) is 7.01. The Morgan fingerprint density at radius 1 is 1.28 bits per heavy atom. The van der Waals surface area contributed by atoms with Crippen molar-refractivity contribution in [2.75, 3.05) is 42.9 Å². The normalized spacial score (nSPS) is 15.2. The number of anilines is 2. The number of rotatable bonds is 5. The maximum atomic E-state index is 12.7. The fourth-order valence-corrected chi connectivity index (χ4v) is 4.35. The first-order valence-corrected chi connectivity index (χ1v) is 9.50. The minimum Gasteiger partial charge on any atom is -0.495 e. The lowest BCUT2D eigenvalue weighted by Crippen LogP contribution is -2.43. The lowest BCUT2D eigenvalue weighted by molar-refractivity contribution is 0.390. The molecule has 0 unspecified atom stereocenters. The first-order chi connectivity index (χ1) is 11.9. The zero-order valence-corrected chi connectivity index (χ0v) is 15.3. The van der Waals surface area contributed by atoms with Crippen molar-refractivity contribution in [2.24, 2.45) is 0 Å². The van der Waals surface area contributed by atoms with Crippen LogP contribution in [0.1, 0.15) is 11.5 Å². The molecule has 0 bridgehead atoms. The quantitative estimate of drug-likeness (QED) is 0.828. The van der Waals surface area contributed by atoms with Gasteiger partial charge in [0.1, 0.15) is 11.4 Å². The Morgan fingerprint density at radius 3 is 2.60 bits per heavy atom. The van der Waals surface area contributed by atoms with E-state index >= 15 is 0 Å². The fourth-order valence-electron chi connectivity index (χ4n) is 2.97. The lowest BCUT2D eigenvalue weighted by atomic mass is 10.2. The molecule has 0 amide bonds. The van der Waals surface area contributed by atoms with E-state index in [0.29, 0.717) is 17.1 Å². The molecule has 0 radical (unpaired) electrons. The Hall–Kier alpha value is -2.26. The van der Waals surface area contributed by atoms with Gasteiger partial charge in [-0.1, -0.05) is 5.16 Å². The highest BCUT2D eigenvalue weighted by atomic mass is 32.2. The van der Waals surface area contributed by atoms with Crippen molar-refractivity contribution < 1.29 is 17.7 Å². The molecule has 136 valence electrons. The summed E-state index contributed by atoms with van der Waals surface area (Å²) in [6, 6.07) is 5.24. The number of benzene rings is 1. The van der Waals surface area contributed by atoms with Crippen LogP contribution in [0.15, 0.2) is 27.6 Å². The summed E-state index contributed by atoms with van der Waals surface area (Å²) in [6.07, 6.45) is 0. The van der Waals surface area contributed by atoms with E-state index in [-0.39, 0.29) is 10.7 Å². The standard InChI is InChI=1S/C16H22N4O4S/c1-11-16(12(2)24-18-11)25(21,22)19-13-4-5-15(23-3)14(10-13)20-8-6-17-7-9-20/h4-5,10,17,19H,6-9H2,1-3H3. The Kier molecular flexibility index (Phi) is 4.87. The number of piperazine rings is 1. The molecule has 2 heterocycles. The number of hydrogen-bond acceptors (Lipinski definition) is 7. The molecule has 3 rings (SSSR count). The van der Waals surface area contributed by atoms with Gasteiger partial charge in [-0.3, -0.25) is 4.72 Å². The molecule has 1 aromatic carbocycles. The molecular formula is C16H22N4O4S. The summed E-state index contributed by atoms with van der Waals surface area (Å²) in [5.41, 5.74) is 1.66. The lowest BCUT2D eigenvalue weighted by Gasteiger charge is -2.31. The van der Waals surface area contributed by atoms with Gasteiger partial charge in [-0.15, -0.1) is 0 Å². The van der Waals surface area contributed by atoms with Crippen LogP contribution in [0.4, 0.5) is 11.4 Å². The third-order valence-corrected chi connectivity index (χ3v) is 5.75. The minimum absolute atomic E-state index is 0.0760. The molecule has 0 atom stereocenters. The summed E-state index contributed by atoms with van der Waals surface area (Å²) >= 11 is 0. The SMILES string of the molecule is COc1ccc(NS(=O)(=O)c2c(C)noc2C)cc1N1CCNCC1. The summed E-state index contributed by atoms with van der Waals surface area (Å²) in [6.45, 7) is 6.59. The Labute approximate surface area is 147 Å². The molecule has 25 heavy (non-hydrogen) atoms. The van der Waals surface area contributed by atoms with Crippen LogP contribution in [0.2, 0.25) is 0 Å². The number of sulfonamides is 1. The smallest absolute Gasteiger partial charge is 0.267 e. The van der Waals surface area contributed by atoms with Crippen LogP contribution >= 0.6 is 0 Å². The van der Waals surface area contributed by atoms with E-state index in [0.717, 1.165) is 31.9 Å². The number of nitrogens with zero attached hydrogens (tertiary/aromatic N) is 2. The molecule has 1 aliphatic rings. The molecule has 0 aliphatic carbocycles. The molecule has 1 saturated heterocycles. The summed E-state index contributed by atoms with van der Waals surface area (Å²) < 4.78 is 38.4. The third kappa shape index (κ3) is 3.57. The zero-order chi connectivity index (χ0) is 18.0. The molecular weight excluding hydrogens is 344 g/mol. The highest BCUT2D eigenvalue weighted by Gasteiger charge is 2.25. The maximum Gasteiger partial charge on any atom is 0.267 e. The zero-order valence-electron chi connectivity index (χ0n) is 14.5. The number of aromatic nitrogens is 1. The second kappa shape index (κ2) is 6.93. The second-order valence-electron chi connectivity index (χ2n) is 5.88. The number of methoxy groups -OCH3 is 1. The molecule has 2 aromatic rings. The summed E-state index contributed by atoms with van der Waals surface area (Å²) in [4.78, 5) is 2.25.